The second kappa shape index (κ2) is 12.6. The van der Waals surface area contributed by atoms with Gasteiger partial charge in [0.2, 0.25) is 0 Å². The van der Waals surface area contributed by atoms with Crippen molar-refractivity contribution in [2.24, 2.45) is 0 Å². The number of hydrogen-bond donors (Lipinski definition) is 1. The van der Waals surface area contributed by atoms with Crippen molar-refractivity contribution in [2.75, 3.05) is 43.0 Å². The van der Waals surface area contributed by atoms with E-state index in [0.717, 1.165) is 31.0 Å². The Morgan fingerprint density at radius 1 is 1.17 bits per heavy atom. The maximum absolute atomic E-state index is 17.2. The highest BCUT2D eigenvalue weighted by Gasteiger charge is 2.50. The van der Waals surface area contributed by atoms with Gasteiger partial charge in [0, 0.05) is 48.8 Å². The van der Waals surface area contributed by atoms with E-state index in [4.69, 9.17) is 14.2 Å². The molecule has 5 aliphatic heterocycles. The molecule has 0 radical (unpaired) electrons. The lowest BCUT2D eigenvalue weighted by atomic mass is 9.92. The van der Waals surface area contributed by atoms with Crippen LogP contribution in [0.25, 0.3) is 32.1 Å². The molecule has 5 saturated heterocycles. The number of benzene rings is 2. The summed E-state index contributed by atoms with van der Waals surface area (Å²) < 4.78 is 109. The number of anilines is 2. The number of halogens is 6. The smallest absolute Gasteiger partial charge is 0.417 e. The summed E-state index contributed by atoms with van der Waals surface area (Å²) in [5.74, 6) is -2.27. The summed E-state index contributed by atoms with van der Waals surface area (Å²) in [6.45, 7) is 6.34. The monoisotopic (exact) mass is 760 g/mol. The number of nitrogens with zero attached hydrogens (tertiary/aromatic N) is 5. The van der Waals surface area contributed by atoms with Gasteiger partial charge in [-0.05, 0) is 57.9 Å². The molecule has 9 rings (SSSR count). The van der Waals surface area contributed by atoms with Gasteiger partial charge in [0.15, 0.2) is 5.82 Å². The Balaban J connectivity index is 1.31. The molecule has 0 spiro atoms. The highest BCUT2D eigenvalue weighted by atomic mass is 32.1. The molecular formula is C36H34F6N6O4S. The number of thiophene rings is 1. The fraction of sp³-hybridized carbons (Fsp3) is 0.500. The van der Waals surface area contributed by atoms with E-state index in [1.54, 1.807) is 25.7 Å². The van der Waals surface area contributed by atoms with E-state index >= 15 is 22.0 Å². The average Bonchev–Trinajstić information content (AvgIpc) is 3.72. The molecule has 1 amide bonds. The highest BCUT2D eigenvalue weighted by molar-refractivity contribution is 7.23. The third kappa shape index (κ3) is 6.27. The number of alkyl halides is 4. The van der Waals surface area contributed by atoms with Crippen LogP contribution < -0.4 is 15.0 Å². The standard InChI is InChI=1S/C36H34F6N6O4S/c1-34(2,3)52-33(49)46-31-22(12-43)25-20(5-6-24(38)29(25)53-31)26-23(36(40,41)42)10-21-28(27(26)39)44-32(45-30(21)47-14-18-9-19(15-47)51-18)50-16-35-7-4-8-48(35)13-17(37)11-35/h5-6,10,17-19H,4,7-9,11,13-16H2,1-3H3,(H,46,49)/t17-,18?,19?,35+/m1/s1. The number of amides is 1. The maximum Gasteiger partial charge on any atom is 0.417 e. The number of fused-ring (bicyclic) bond motifs is 5. The van der Waals surface area contributed by atoms with Crippen molar-refractivity contribution < 1.29 is 45.3 Å². The molecule has 7 heterocycles. The SMILES string of the molecule is CC(C)(C)OC(=O)Nc1sc2c(F)ccc(-c3c(C(F)(F)F)cc4c(N5CC6CC(C5)O6)nc(OC[C@@]56CCCN5C[C@H](F)C6)nc4c3F)c2c1C#N. The Morgan fingerprint density at radius 2 is 1.91 bits per heavy atom. The largest absolute Gasteiger partial charge is 0.461 e. The summed E-state index contributed by atoms with van der Waals surface area (Å²) in [5, 5.41) is 11.8. The predicted molar refractivity (Wildman–Crippen MR) is 184 cm³/mol. The molecule has 5 aliphatic rings. The molecule has 4 aromatic rings. The van der Waals surface area contributed by atoms with Gasteiger partial charge >= 0.3 is 18.3 Å². The van der Waals surface area contributed by atoms with Crippen LogP contribution in [0, 0.1) is 23.0 Å². The van der Waals surface area contributed by atoms with Crippen LogP contribution in [0.1, 0.15) is 57.6 Å². The molecule has 2 bridgehead atoms. The number of nitriles is 1. The van der Waals surface area contributed by atoms with E-state index in [1.807, 2.05) is 11.0 Å². The first-order valence-electron chi connectivity index (χ1n) is 17.2. The topological polar surface area (TPSA) is 113 Å². The van der Waals surface area contributed by atoms with Crippen molar-refractivity contribution >= 4 is 49.2 Å². The van der Waals surface area contributed by atoms with Crippen molar-refractivity contribution in [2.45, 2.75) is 82.2 Å². The van der Waals surface area contributed by atoms with Gasteiger partial charge in [0.1, 0.15) is 46.6 Å². The molecule has 0 aliphatic carbocycles. The highest BCUT2D eigenvalue weighted by Crippen LogP contribution is 2.49. The Morgan fingerprint density at radius 3 is 2.58 bits per heavy atom. The summed E-state index contributed by atoms with van der Waals surface area (Å²) in [4.78, 5) is 25.2. The average molecular weight is 761 g/mol. The molecule has 1 N–H and O–H groups in total. The van der Waals surface area contributed by atoms with Gasteiger partial charge in [0.25, 0.3) is 0 Å². The number of morpholine rings is 1. The Hall–Kier alpha value is -4.40. The Bertz CT molecular complexity index is 2190. The number of rotatable bonds is 6. The third-order valence-electron chi connectivity index (χ3n) is 10.3. The lowest BCUT2D eigenvalue weighted by Gasteiger charge is -2.47. The van der Waals surface area contributed by atoms with Crippen molar-refractivity contribution in [1.29, 1.82) is 5.26 Å². The first kappa shape index (κ1) is 35.6. The molecule has 0 saturated carbocycles. The number of carbonyl (C=O) groups excluding carboxylic acids is 1. The predicted octanol–water partition coefficient (Wildman–Crippen LogP) is 7.96. The van der Waals surface area contributed by atoms with Gasteiger partial charge < -0.3 is 19.1 Å². The van der Waals surface area contributed by atoms with Gasteiger partial charge in [-0.2, -0.15) is 28.4 Å². The van der Waals surface area contributed by atoms with Gasteiger partial charge in [-0.3, -0.25) is 10.2 Å². The van der Waals surface area contributed by atoms with Crippen molar-refractivity contribution in [3.05, 3.63) is 41.0 Å². The lowest BCUT2D eigenvalue weighted by molar-refractivity contribution is -0.137. The zero-order valence-corrected chi connectivity index (χ0v) is 29.7. The summed E-state index contributed by atoms with van der Waals surface area (Å²) in [7, 11) is 0. The van der Waals surface area contributed by atoms with Crippen molar-refractivity contribution in [3.8, 4) is 23.2 Å². The van der Waals surface area contributed by atoms with E-state index in [9.17, 15) is 14.4 Å². The van der Waals surface area contributed by atoms with E-state index in [-0.39, 0.29) is 69.6 Å². The quantitative estimate of drug-likeness (QED) is 0.196. The van der Waals surface area contributed by atoms with Crippen molar-refractivity contribution in [3.63, 3.8) is 0 Å². The molecule has 2 aromatic carbocycles. The van der Waals surface area contributed by atoms with Gasteiger partial charge in [-0.15, -0.1) is 11.3 Å². The molecule has 10 nitrogen and oxygen atoms in total. The fourth-order valence-corrected chi connectivity index (χ4v) is 9.20. The first-order valence-corrected chi connectivity index (χ1v) is 18.0. The van der Waals surface area contributed by atoms with Crippen LogP contribution in [-0.4, -0.2) is 83.3 Å². The molecule has 4 atom stereocenters. The zero-order chi connectivity index (χ0) is 37.6. The van der Waals surface area contributed by atoms with Crippen molar-refractivity contribution in [1.82, 2.24) is 14.9 Å². The number of aromatic nitrogens is 2. The third-order valence-corrected chi connectivity index (χ3v) is 11.4. The minimum absolute atomic E-state index is 0.00567. The van der Waals surface area contributed by atoms with E-state index < -0.39 is 63.4 Å². The number of nitrogens with one attached hydrogen (secondary N) is 1. The summed E-state index contributed by atoms with van der Waals surface area (Å²) in [5.41, 5.74) is -5.21. The van der Waals surface area contributed by atoms with E-state index in [1.165, 1.54) is 0 Å². The molecule has 280 valence electrons. The van der Waals surface area contributed by atoms with Crippen LogP contribution in [0.2, 0.25) is 0 Å². The molecule has 2 aromatic heterocycles. The van der Waals surface area contributed by atoms with Crippen LogP contribution in [0.15, 0.2) is 18.2 Å². The second-order valence-corrected chi connectivity index (χ2v) is 16.1. The number of ether oxygens (including phenoxy) is 3. The van der Waals surface area contributed by atoms with E-state index in [0.29, 0.717) is 37.4 Å². The minimum atomic E-state index is -5.14. The Kier molecular flexibility index (Phi) is 8.46. The minimum Gasteiger partial charge on any atom is -0.461 e. The van der Waals surface area contributed by atoms with Gasteiger partial charge in [-0.25, -0.2) is 18.0 Å². The Labute approximate surface area is 303 Å². The van der Waals surface area contributed by atoms with Crippen LogP contribution in [0.5, 0.6) is 6.01 Å². The van der Waals surface area contributed by atoms with Crippen LogP contribution >= 0.6 is 11.3 Å². The number of hydrogen-bond acceptors (Lipinski definition) is 10. The van der Waals surface area contributed by atoms with Crippen LogP contribution in [-0.2, 0) is 15.7 Å². The molecule has 5 fully saturated rings. The molecule has 2 unspecified atom stereocenters. The fourth-order valence-electron chi connectivity index (χ4n) is 8.13. The molecule has 53 heavy (non-hydrogen) atoms. The van der Waals surface area contributed by atoms with Gasteiger partial charge in [-0.1, -0.05) is 6.07 Å². The lowest BCUT2D eigenvalue weighted by Crippen LogP contribution is -2.57. The summed E-state index contributed by atoms with van der Waals surface area (Å²) in [6, 6.07) is 4.17. The van der Waals surface area contributed by atoms with Crippen LogP contribution in [0.4, 0.5) is 42.0 Å². The summed E-state index contributed by atoms with van der Waals surface area (Å²) >= 11 is 0.607. The summed E-state index contributed by atoms with van der Waals surface area (Å²) in [6.07, 6.45) is -5.01. The number of piperidine rings is 1. The number of carbonyl (C=O) groups is 1. The first-order chi connectivity index (χ1) is 25.0. The normalized spacial score (nSPS) is 24.3. The van der Waals surface area contributed by atoms with Crippen LogP contribution in [0.3, 0.4) is 0 Å². The molecule has 17 heteroatoms. The maximum atomic E-state index is 17.2. The van der Waals surface area contributed by atoms with Gasteiger partial charge in [0.05, 0.1) is 33.6 Å². The van der Waals surface area contributed by atoms with E-state index in [2.05, 4.69) is 15.3 Å². The molecular weight excluding hydrogens is 726 g/mol. The zero-order valence-electron chi connectivity index (χ0n) is 28.9. The second-order valence-electron chi connectivity index (χ2n) is 15.1.